The summed E-state index contributed by atoms with van der Waals surface area (Å²) < 4.78 is 0. The molecule has 0 rings (SSSR count). The van der Waals surface area contributed by atoms with Crippen LogP contribution in [0.5, 0.6) is 0 Å². The largest absolute Gasteiger partial charge is 0.316 e. The summed E-state index contributed by atoms with van der Waals surface area (Å²) in [6.45, 7) is 9.52. The third kappa shape index (κ3) is 9.44. The normalized spacial score (nSPS) is 9.45. The highest BCUT2D eigenvalue weighted by molar-refractivity contribution is 4.68. The molecule has 11 heavy (non-hydrogen) atoms. The summed E-state index contributed by atoms with van der Waals surface area (Å²) >= 11 is 0. The molecule has 0 aromatic heterocycles. The summed E-state index contributed by atoms with van der Waals surface area (Å²) in [7, 11) is 0. The fourth-order valence-corrected chi connectivity index (χ4v) is 0.868. The topological polar surface area (TPSA) is 12.0 Å². The van der Waals surface area contributed by atoms with Gasteiger partial charge < -0.3 is 5.32 Å². The van der Waals surface area contributed by atoms with Crippen LogP contribution in [0.2, 0.25) is 0 Å². The van der Waals surface area contributed by atoms with E-state index < -0.39 is 0 Å². The molecule has 0 heterocycles. The molecule has 1 heteroatoms. The molecule has 0 aliphatic rings. The van der Waals surface area contributed by atoms with Crippen molar-refractivity contribution in [2.24, 2.45) is 0 Å². The van der Waals surface area contributed by atoms with Gasteiger partial charge in [-0.25, -0.2) is 0 Å². The van der Waals surface area contributed by atoms with Gasteiger partial charge >= 0.3 is 0 Å². The van der Waals surface area contributed by atoms with Gasteiger partial charge in [0.2, 0.25) is 0 Å². The summed E-state index contributed by atoms with van der Waals surface area (Å²) in [5.41, 5.74) is 0. The minimum absolute atomic E-state index is 1.07. The van der Waals surface area contributed by atoms with Gasteiger partial charge in [0.25, 0.3) is 0 Å². The van der Waals surface area contributed by atoms with Crippen LogP contribution in [0, 0.1) is 0 Å². The van der Waals surface area contributed by atoms with Gasteiger partial charge in [-0.05, 0) is 38.8 Å². The van der Waals surface area contributed by atoms with E-state index in [4.69, 9.17) is 0 Å². The molecule has 0 saturated heterocycles. The van der Waals surface area contributed by atoms with E-state index in [1.807, 2.05) is 12.2 Å². The zero-order valence-electron chi connectivity index (χ0n) is 7.31. The average molecular weight is 153 g/mol. The van der Waals surface area contributed by atoms with Gasteiger partial charge in [0.1, 0.15) is 0 Å². The molecule has 0 aliphatic carbocycles. The summed E-state index contributed by atoms with van der Waals surface area (Å²) in [6.07, 6.45) is 8.64. The quantitative estimate of drug-likeness (QED) is 0.417. The first-order valence-corrected chi connectivity index (χ1v) is 4.34. The zero-order chi connectivity index (χ0) is 8.36. The third-order valence-corrected chi connectivity index (χ3v) is 1.54. The highest BCUT2D eigenvalue weighted by Crippen LogP contribution is 1.93. The second-order valence-electron chi connectivity index (χ2n) is 2.61. The lowest BCUT2D eigenvalue weighted by atomic mass is 10.2. The molecule has 0 aliphatic heterocycles. The molecule has 0 amide bonds. The molecule has 0 aromatic carbocycles. The van der Waals surface area contributed by atoms with Gasteiger partial charge in [-0.3, -0.25) is 0 Å². The van der Waals surface area contributed by atoms with E-state index in [-0.39, 0.29) is 0 Å². The first kappa shape index (κ1) is 10.4. The maximum Gasteiger partial charge on any atom is -0.00144 e. The van der Waals surface area contributed by atoms with Gasteiger partial charge in [-0.1, -0.05) is 12.2 Å². The van der Waals surface area contributed by atoms with Crippen LogP contribution in [0.15, 0.2) is 25.3 Å². The monoisotopic (exact) mass is 153 g/mol. The van der Waals surface area contributed by atoms with E-state index in [0.717, 1.165) is 25.9 Å². The van der Waals surface area contributed by atoms with Crippen LogP contribution in [0.25, 0.3) is 0 Å². The molecule has 1 nitrogen and oxygen atoms in total. The smallest absolute Gasteiger partial charge is 0.00144 e. The van der Waals surface area contributed by atoms with E-state index in [9.17, 15) is 0 Å². The number of rotatable bonds is 8. The van der Waals surface area contributed by atoms with Crippen LogP contribution < -0.4 is 5.32 Å². The van der Waals surface area contributed by atoms with Crippen LogP contribution in [0.1, 0.15) is 25.7 Å². The molecular weight excluding hydrogens is 134 g/mol. The van der Waals surface area contributed by atoms with Gasteiger partial charge in [0, 0.05) is 0 Å². The van der Waals surface area contributed by atoms with Gasteiger partial charge in [-0.15, -0.1) is 13.2 Å². The zero-order valence-corrected chi connectivity index (χ0v) is 7.31. The van der Waals surface area contributed by atoms with Crippen molar-refractivity contribution in [2.75, 3.05) is 13.1 Å². The molecule has 0 saturated carbocycles. The Bertz CT molecular complexity index is 85.0. The van der Waals surface area contributed by atoms with Crippen molar-refractivity contribution in [3.8, 4) is 0 Å². The van der Waals surface area contributed by atoms with Crippen LogP contribution in [-0.2, 0) is 0 Å². The molecule has 64 valence electrons. The lowest BCUT2D eigenvalue weighted by molar-refractivity contribution is 0.631. The van der Waals surface area contributed by atoms with Crippen molar-refractivity contribution >= 4 is 0 Å². The molecule has 0 spiro atoms. The fraction of sp³-hybridized carbons (Fsp3) is 0.600. The molecule has 1 N–H and O–H groups in total. The standard InChI is InChI=1S/C10H19N/c1-3-5-7-8-10-11-9-6-4-2/h3-4,11H,1-2,5-10H2. The SMILES string of the molecule is C=CCCCCNCCC=C. The molecule has 0 aromatic rings. The van der Waals surface area contributed by atoms with Crippen LogP contribution in [0.3, 0.4) is 0 Å². The van der Waals surface area contributed by atoms with Crippen molar-refractivity contribution < 1.29 is 0 Å². The Morgan fingerprint density at radius 3 is 2.27 bits per heavy atom. The summed E-state index contributed by atoms with van der Waals surface area (Å²) in [5, 5.41) is 3.34. The lowest BCUT2D eigenvalue weighted by Crippen LogP contribution is -2.15. The molecule has 0 radical (unpaired) electrons. The Labute approximate surface area is 70.2 Å². The average Bonchev–Trinajstić information content (AvgIpc) is 2.03. The van der Waals surface area contributed by atoms with Crippen molar-refractivity contribution in [1.29, 1.82) is 0 Å². The minimum atomic E-state index is 1.07. The van der Waals surface area contributed by atoms with Crippen LogP contribution in [-0.4, -0.2) is 13.1 Å². The maximum absolute atomic E-state index is 3.67. The summed E-state index contributed by atoms with van der Waals surface area (Å²) in [6, 6.07) is 0. The molecular formula is C10H19N. The maximum atomic E-state index is 3.67. The Morgan fingerprint density at radius 2 is 1.64 bits per heavy atom. The van der Waals surface area contributed by atoms with Gasteiger partial charge in [0.05, 0.1) is 0 Å². The molecule has 0 atom stereocenters. The summed E-state index contributed by atoms with van der Waals surface area (Å²) in [5.74, 6) is 0. The Balaban J connectivity index is 2.79. The number of hydrogen-bond donors (Lipinski definition) is 1. The fourth-order valence-electron chi connectivity index (χ4n) is 0.868. The highest BCUT2D eigenvalue weighted by Gasteiger charge is 1.85. The lowest BCUT2D eigenvalue weighted by Gasteiger charge is -2.00. The van der Waals surface area contributed by atoms with Crippen LogP contribution >= 0.6 is 0 Å². The second kappa shape index (κ2) is 9.44. The number of nitrogens with one attached hydrogen (secondary N) is 1. The number of hydrogen-bond acceptors (Lipinski definition) is 1. The summed E-state index contributed by atoms with van der Waals surface area (Å²) in [4.78, 5) is 0. The van der Waals surface area contributed by atoms with E-state index in [1.165, 1.54) is 12.8 Å². The Hall–Kier alpha value is -0.560. The Morgan fingerprint density at radius 1 is 0.909 bits per heavy atom. The van der Waals surface area contributed by atoms with Gasteiger partial charge in [-0.2, -0.15) is 0 Å². The minimum Gasteiger partial charge on any atom is -0.316 e. The molecule has 0 unspecified atom stereocenters. The second-order valence-corrected chi connectivity index (χ2v) is 2.61. The van der Waals surface area contributed by atoms with E-state index >= 15 is 0 Å². The molecule has 0 fully saturated rings. The van der Waals surface area contributed by atoms with Crippen molar-refractivity contribution in [3.63, 3.8) is 0 Å². The van der Waals surface area contributed by atoms with E-state index in [0.29, 0.717) is 0 Å². The molecule has 0 bridgehead atoms. The highest BCUT2D eigenvalue weighted by atomic mass is 14.8. The van der Waals surface area contributed by atoms with Crippen molar-refractivity contribution in [3.05, 3.63) is 25.3 Å². The Kier molecular flexibility index (Phi) is 8.96. The van der Waals surface area contributed by atoms with Crippen LogP contribution in [0.4, 0.5) is 0 Å². The predicted molar refractivity (Wildman–Crippen MR) is 51.7 cm³/mol. The number of allylic oxidation sites excluding steroid dienone is 1. The van der Waals surface area contributed by atoms with Crippen molar-refractivity contribution in [2.45, 2.75) is 25.7 Å². The third-order valence-electron chi connectivity index (χ3n) is 1.54. The number of unbranched alkanes of at least 4 members (excludes halogenated alkanes) is 2. The predicted octanol–water partition coefficient (Wildman–Crippen LogP) is 2.51. The van der Waals surface area contributed by atoms with E-state index in [1.54, 1.807) is 0 Å². The first-order valence-electron chi connectivity index (χ1n) is 4.34. The first-order chi connectivity index (χ1) is 5.41. The van der Waals surface area contributed by atoms with Gasteiger partial charge in [0.15, 0.2) is 0 Å². The van der Waals surface area contributed by atoms with Crippen molar-refractivity contribution in [1.82, 2.24) is 5.32 Å². The van der Waals surface area contributed by atoms with E-state index in [2.05, 4.69) is 18.5 Å².